The molecule has 0 atom stereocenters. The molecule has 0 saturated carbocycles. The van der Waals surface area contributed by atoms with Crippen molar-refractivity contribution in [2.24, 2.45) is 0 Å². The molecule has 1 amide bonds. The van der Waals surface area contributed by atoms with E-state index in [1.807, 2.05) is 4.90 Å². The van der Waals surface area contributed by atoms with Crippen molar-refractivity contribution in [3.05, 3.63) is 59.1 Å². The van der Waals surface area contributed by atoms with Gasteiger partial charge in [-0.15, -0.1) is 0 Å². The van der Waals surface area contributed by atoms with E-state index in [9.17, 15) is 13.2 Å². The lowest BCUT2D eigenvalue weighted by Gasteiger charge is -2.22. The molecule has 162 valence electrons. The summed E-state index contributed by atoms with van der Waals surface area (Å²) in [5.41, 5.74) is 0.823. The zero-order valence-corrected chi connectivity index (χ0v) is 18.8. The number of halogens is 1. The van der Waals surface area contributed by atoms with Gasteiger partial charge in [0.2, 0.25) is 0 Å². The Morgan fingerprint density at radius 3 is 2.63 bits per heavy atom. The van der Waals surface area contributed by atoms with Crippen LogP contribution in [0.5, 0.6) is 0 Å². The molecule has 8 heteroatoms. The Labute approximate surface area is 183 Å². The van der Waals surface area contributed by atoms with E-state index < -0.39 is 10.0 Å². The number of benzene rings is 2. The molecule has 6 nitrogen and oxygen atoms in total. The molecule has 0 radical (unpaired) electrons. The van der Waals surface area contributed by atoms with Gasteiger partial charge in [-0.1, -0.05) is 37.1 Å². The molecule has 1 fully saturated rings. The van der Waals surface area contributed by atoms with Gasteiger partial charge in [0.1, 0.15) is 0 Å². The van der Waals surface area contributed by atoms with Gasteiger partial charge in [0, 0.05) is 35.9 Å². The Kier molecular flexibility index (Phi) is 7.75. The van der Waals surface area contributed by atoms with E-state index in [1.165, 1.54) is 18.6 Å². The largest absolute Gasteiger partial charge is 0.337 e. The first kappa shape index (κ1) is 22.6. The van der Waals surface area contributed by atoms with Gasteiger partial charge in [0.15, 0.2) is 0 Å². The predicted octanol–water partition coefficient (Wildman–Crippen LogP) is 4.09. The summed E-state index contributed by atoms with van der Waals surface area (Å²) in [6, 6.07) is 12.7. The highest BCUT2D eigenvalue weighted by Crippen LogP contribution is 2.21. The standard InChI is InChI=1S/C22H28ClN3O3S/c1-2-3-11-25-12-6-13-26(15-14-25)22(27)18-7-4-9-20(16-18)24-30(28,29)21-10-5-8-19(23)17-21/h4-5,7-10,16-17,24H,2-3,6,11-15H2,1H3. The lowest BCUT2D eigenvalue weighted by atomic mass is 10.1. The number of anilines is 1. The van der Waals surface area contributed by atoms with Crippen molar-refractivity contribution >= 4 is 33.2 Å². The number of carbonyl (C=O) groups excluding carboxylic acids is 1. The van der Waals surface area contributed by atoms with Crippen LogP contribution in [0.2, 0.25) is 5.02 Å². The molecule has 2 aromatic carbocycles. The van der Waals surface area contributed by atoms with Gasteiger partial charge >= 0.3 is 0 Å². The molecule has 0 unspecified atom stereocenters. The van der Waals surface area contributed by atoms with Gasteiger partial charge < -0.3 is 9.80 Å². The topological polar surface area (TPSA) is 69.7 Å². The average molecular weight is 450 g/mol. The van der Waals surface area contributed by atoms with Crippen LogP contribution >= 0.6 is 11.6 Å². The highest BCUT2D eigenvalue weighted by atomic mass is 35.5. The lowest BCUT2D eigenvalue weighted by Crippen LogP contribution is -2.35. The van der Waals surface area contributed by atoms with E-state index in [0.717, 1.165) is 32.5 Å². The number of unbranched alkanes of at least 4 members (excludes halogenated alkanes) is 1. The maximum Gasteiger partial charge on any atom is 0.261 e. The monoisotopic (exact) mass is 449 g/mol. The fourth-order valence-electron chi connectivity index (χ4n) is 3.53. The summed E-state index contributed by atoms with van der Waals surface area (Å²) in [4.78, 5) is 17.4. The van der Waals surface area contributed by atoms with Crippen LogP contribution in [0.25, 0.3) is 0 Å². The first-order valence-electron chi connectivity index (χ1n) is 10.3. The van der Waals surface area contributed by atoms with Gasteiger partial charge in [0.05, 0.1) is 4.90 Å². The second-order valence-electron chi connectivity index (χ2n) is 7.48. The lowest BCUT2D eigenvalue weighted by molar-refractivity contribution is 0.0761. The van der Waals surface area contributed by atoms with E-state index >= 15 is 0 Å². The van der Waals surface area contributed by atoms with Crippen LogP contribution in [0.3, 0.4) is 0 Å². The Bertz CT molecular complexity index is 981. The number of rotatable bonds is 7. The first-order chi connectivity index (χ1) is 14.4. The Hall–Kier alpha value is -2.09. The second-order valence-corrected chi connectivity index (χ2v) is 9.60. The van der Waals surface area contributed by atoms with Crippen LogP contribution in [0.4, 0.5) is 5.69 Å². The smallest absolute Gasteiger partial charge is 0.261 e. The molecule has 1 saturated heterocycles. The minimum Gasteiger partial charge on any atom is -0.337 e. The Morgan fingerprint density at radius 2 is 1.87 bits per heavy atom. The number of hydrogen-bond acceptors (Lipinski definition) is 4. The van der Waals surface area contributed by atoms with Crippen molar-refractivity contribution in [2.45, 2.75) is 31.1 Å². The van der Waals surface area contributed by atoms with Gasteiger partial charge in [-0.25, -0.2) is 8.42 Å². The van der Waals surface area contributed by atoms with Crippen molar-refractivity contribution in [1.29, 1.82) is 0 Å². The highest BCUT2D eigenvalue weighted by Gasteiger charge is 2.21. The van der Waals surface area contributed by atoms with Gasteiger partial charge in [0.25, 0.3) is 15.9 Å². The third-order valence-electron chi connectivity index (χ3n) is 5.17. The molecule has 3 rings (SSSR count). The molecular weight excluding hydrogens is 422 g/mol. The summed E-state index contributed by atoms with van der Waals surface area (Å²) < 4.78 is 27.8. The van der Waals surface area contributed by atoms with Crippen molar-refractivity contribution in [2.75, 3.05) is 37.4 Å². The zero-order chi connectivity index (χ0) is 21.6. The van der Waals surface area contributed by atoms with Crippen LogP contribution in [-0.4, -0.2) is 56.8 Å². The Morgan fingerprint density at radius 1 is 1.07 bits per heavy atom. The average Bonchev–Trinajstić information content (AvgIpc) is 2.97. The summed E-state index contributed by atoms with van der Waals surface area (Å²) in [5.74, 6) is -0.0730. The SMILES string of the molecule is CCCCN1CCCN(C(=O)c2cccc(NS(=O)(=O)c3cccc(Cl)c3)c2)CC1. The predicted molar refractivity (Wildman–Crippen MR) is 121 cm³/mol. The molecule has 2 aromatic rings. The molecule has 1 heterocycles. The minimum absolute atomic E-state index is 0.0730. The van der Waals surface area contributed by atoms with Crippen molar-refractivity contribution < 1.29 is 13.2 Å². The summed E-state index contributed by atoms with van der Waals surface area (Å²) in [5, 5.41) is 0.343. The number of hydrogen-bond donors (Lipinski definition) is 1. The molecule has 0 bridgehead atoms. The number of sulfonamides is 1. The molecule has 0 aliphatic carbocycles. The number of amides is 1. The highest BCUT2D eigenvalue weighted by molar-refractivity contribution is 7.92. The van der Waals surface area contributed by atoms with Crippen LogP contribution in [-0.2, 0) is 10.0 Å². The van der Waals surface area contributed by atoms with Gasteiger partial charge in [-0.3, -0.25) is 9.52 Å². The van der Waals surface area contributed by atoms with Crippen LogP contribution < -0.4 is 4.72 Å². The minimum atomic E-state index is -3.79. The molecule has 0 spiro atoms. The van der Waals surface area contributed by atoms with Crippen LogP contribution in [0, 0.1) is 0 Å². The quantitative estimate of drug-likeness (QED) is 0.691. The summed E-state index contributed by atoms with van der Waals surface area (Å²) in [6.45, 7) is 6.51. The molecule has 1 aliphatic rings. The van der Waals surface area contributed by atoms with E-state index in [4.69, 9.17) is 11.6 Å². The second kappa shape index (κ2) is 10.3. The Balaban J connectivity index is 1.69. The molecule has 0 aromatic heterocycles. The third kappa shape index (κ3) is 5.97. The van der Waals surface area contributed by atoms with E-state index in [2.05, 4.69) is 16.5 Å². The maximum atomic E-state index is 13.0. The number of nitrogens with one attached hydrogen (secondary N) is 1. The molecule has 1 aliphatic heterocycles. The van der Waals surface area contributed by atoms with E-state index in [1.54, 1.807) is 36.4 Å². The van der Waals surface area contributed by atoms with Crippen molar-refractivity contribution in [1.82, 2.24) is 9.80 Å². The summed E-state index contributed by atoms with van der Waals surface area (Å²) >= 11 is 5.91. The van der Waals surface area contributed by atoms with Crippen LogP contribution in [0.15, 0.2) is 53.4 Å². The number of carbonyl (C=O) groups is 1. The van der Waals surface area contributed by atoms with Gasteiger partial charge in [-0.2, -0.15) is 0 Å². The molecule has 1 N–H and O–H groups in total. The normalized spacial score (nSPS) is 15.6. The zero-order valence-electron chi connectivity index (χ0n) is 17.2. The third-order valence-corrected chi connectivity index (χ3v) is 6.79. The van der Waals surface area contributed by atoms with E-state index in [0.29, 0.717) is 29.4 Å². The van der Waals surface area contributed by atoms with Crippen molar-refractivity contribution in [3.8, 4) is 0 Å². The fraction of sp³-hybridized carbons (Fsp3) is 0.409. The fourth-order valence-corrected chi connectivity index (χ4v) is 4.88. The van der Waals surface area contributed by atoms with E-state index in [-0.39, 0.29) is 10.8 Å². The summed E-state index contributed by atoms with van der Waals surface area (Å²) in [6.07, 6.45) is 3.27. The first-order valence-corrected chi connectivity index (χ1v) is 12.2. The van der Waals surface area contributed by atoms with Gasteiger partial charge in [-0.05, 0) is 62.3 Å². The molecule has 30 heavy (non-hydrogen) atoms. The summed E-state index contributed by atoms with van der Waals surface area (Å²) in [7, 11) is -3.79. The number of nitrogens with zero attached hydrogens (tertiary/aromatic N) is 2. The maximum absolute atomic E-state index is 13.0. The van der Waals surface area contributed by atoms with Crippen LogP contribution in [0.1, 0.15) is 36.5 Å². The molecular formula is C22H28ClN3O3S. The van der Waals surface area contributed by atoms with Crippen molar-refractivity contribution in [3.63, 3.8) is 0 Å².